The molecule has 2 N–H and O–H groups in total. The van der Waals surface area contributed by atoms with E-state index >= 15 is 0 Å². The van der Waals surface area contributed by atoms with E-state index in [0.717, 1.165) is 50.0 Å². The topological polar surface area (TPSA) is 91.0 Å². The van der Waals surface area contributed by atoms with Gasteiger partial charge in [0.15, 0.2) is 0 Å². The van der Waals surface area contributed by atoms with Gasteiger partial charge in [0.1, 0.15) is 11.6 Å². The van der Waals surface area contributed by atoms with Crippen molar-refractivity contribution < 1.29 is 19.1 Å². The summed E-state index contributed by atoms with van der Waals surface area (Å²) in [7, 11) is 0. The average molecular weight is 577 g/mol. The van der Waals surface area contributed by atoms with Gasteiger partial charge >= 0.3 is 0 Å². The van der Waals surface area contributed by atoms with Crippen LogP contribution in [-0.4, -0.2) is 77.5 Å². The number of carbonyl (C=O) groups is 3. The van der Waals surface area contributed by atoms with Gasteiger partial charge in [-0.2, -0.15) is 0 Å². The van der Waals surface area contributed by atoms with E-state index in [0.29, 0.717) is 24.1 Å². The minimum atomic E-state index is -1.12. The Bertz CT molecular complexity index is 1240. The largest absolute Gasteiger partial charge is 0.359 e. The van der Waals surface area contributed by atoms with Crippen molar-refractivity contribution >= 4 is 23.4 Å². The molecular formula is C34H48N4O4. The number of fused-ring (bicyclic) bond motifs is 1. The Morgan fingerprint density at radius 2 is 1.79 bits per heavy atom. The van der Waals surface area contributed by atoms with Crippen molar-refractivity contribution in [2.45, 2.75) is 96.4 Å². The number of aryl methyl sites for hydroxylation is 2. The molecular weight excluding hydrogens is 528 g/mol. The molecule has 8 atom stereocenters. The number of rotatable bonds is 8. The quantitative estimate of drug-likeness (QED) is 0.453. The van der Waals surface area contributed by atoms with E-state index in [4.69, 9.17) is 4.74 Å². The van der Waals surface area contributed by atoms with Gasteiger partial charge in [0, 0.05) is 18.3 Å². The van der Waals surface area contributed by atoms with Crippen LogP contribution in [0.15, 0.2) is 30.4 Å². The normalized spacial score (nSPS) is 35.9. The number of ether oxygens (including phenoxy) is 1. The van der Waals surface area contributed by atoms with Crippen LogP contribution in [0.1, 0.15) is 69.9 Å². The third-order valence-corrected chi connectivity index (χ3v) is 11.1. The van der Waals surface area contributed by atoms with Gasteiger partial charge in [-0.1, -0.05) is 51.3 Å². The lowest BCUT2D eigenvalue weighted by atomic mass is 9.73. The maximum absolute atomic E-state index is 14.3. The van der Waals surface area contributed by atoms with Crippen LogP contribution < -0.4 is 10.6 Å². The molecule has 0 unspecified atom stereocenters. The molecule has 4 aliphatic heterocycles. The average Bonchev–Trinajstić information content (AvgIpc) is 3.61. The number of benzene rings is 1. The van der Waals surface area contributed by atoms with Crippen molar-refractivity contribution in [2.75, 3.05) is 31.5 Å². The summed E-state index contributed by atoms with van der Waals surface area (Å²) in [6.07, 6.45) is 11.0. The number of piperidine rings is 1. The number of hydrogen-bond acceptors (Lipinski definition) is 5. The van der Waals surface area contributed by atoms with Crippen LogP contribution in [-0.2, 0) is 19.1 Å². The number of nitrogens with one attached hydrogen (secondary N) is 2. The molecule has 0 aromatic heterocycles. The Hall–Kier alpha value is -2.71. The number of carbonyl (C=O) groups excluding carboxylic acids is 3. The molecule has 6 rings (SSSR count). The molecule has 1 aromatic carbocycles. The van der Waals surface area contributed by atoms with Crippen LogP contribution >= 0.6 is 0 Å². The first-order chi connectivity index (χ1) is 20.2. The van der Waals surface area contributed by atoms with E-state index in [-0.39, 0.29) is 23.8 Å². The number of nitrogens with zero attached hydrogens (tertiary/aromatic N) is 2. The van der Waals surface area contributed by atoms with E-state index in [1.807, 2.05) is 44.2 Å². The molecule has 3 saturated heterocycles. The molecule has 8 nitrogen and oxygen atoms in total. The second-order valence-electron chi connectivity index (χ2n) is 13.7. The lowest BCUT2D eigenvalue weighted by Crippen LogP contribution is -2.58. The lowest BCUT2D eigenvalue weighted by Gasteiger charge is -2.38. The Morgan fingerprint density at radius 1 is 1.00 bits per heavy atom. The van der Waals surface area contributed by atoms with Crippen LogP contribution in [0, 0.1) is 37.5 Å². The van der Waals surface area contributed by atoms with Gasteiger partial charge in [-0.15, -0.1) is 0 Å². The van der Waals surface area contributed by atoms with Crippen molar-refractivity contribution in [3.63, 3.8) is 0 Å². The third-order valence-electron chi connectivity index (χ3n) is 11.1. The van der Waals surface area contributed by atoms with E-state index < -0.39 is 29.6 Å². The first kappa shape index (κ1) is 29.4. The van der Waals surface area contributed by atoms with E-state index in [1.165, 1.54) is 25.7 Å². The predicted octanol–water partition coefficient (Wildman–Crippen LogP) is 4.21. The Morgan fingerprint density at radius 3 is 2.55 bits per heavy atom. The number of hydrogen-bond donors (Lipinski definition) is 2. The number of likely N-dealkylation sites (tertiary alicyclic amines) is 2. The fourth-order valence-electron chi connectivity index (χ4n) is 8.25. The molecule has 4 heterocycles. The van der Waals surface area contributed by atoms with Crippen LogP contribution in [0.3, 0.4) is 0 Å². The zero-order chi connectivity index (χ0) is 29.6. The Balaban J connectivity index is 1.25. The van der Waals surface area contributed by atoms with Gasteiger partial charge in [0.05, 0.1) is 17.9 Å². The Kier molecular flexibility index (Phi) is 8.22. The maximum Gasteiger partial charge on any atom is 0.246 e. The molecule has 1 aromatic rings. The second-order valence-corrected chi connectivity index (χ2v) is 13.7. The summed E-state index contributed by atoms with van der Waals surface area (Å²) in [5, 5.41) is 6.42. The zero-order valence-corrected chi connectivity index (χ0v) is 25.7. The van der Waals surface area contributed by atoms with Gasteiger partial charge in [0.2, 0.25) is 17.7 Å². The molecule has 3 amide bonds. The van der Waals surface area contributed by atoms with Crippen molar-refractivity contribution in [1.29, 1.82) is 0 Å². The molecule has 1 aliphatic carbocycles. The predicted molar refractivity (Wildman–Crippen MR) is 163 cm³/mol. The summed E-state index contributed by atoms with van der Waals surface area (Å²) >= 11 is 0. The van der Waals surface area contributed by atoms with Crippen LogP contribution in [0.2, 0.25) is 0 Å². The summed E-state index contributed by atoms with van der Waals surface area (Å²) in [6, 6.07) is 5.14. The van der Waals surface area contributed by atoms with Crippen LogP contribution in [0.4, 0.5) is 5.69 Å². The van der Waals surface area contributed by atoms with Gasteiger partial charge in [-0.25, -0.2) is 0 Å². The monoisotopic (exact) mass is 576 g/mol. The fraction of sp³-hybridized carbons (Fsp3) is 0.676. The minimum Gasteiger partial charge on any atom is -0.359 e. The van der Waals surface area contributed by atoms with Crippen molar-refractivity contribution in [1.82, 2.24) is 15.1 Å². The summed E-state index contributed by atoms with van der Waals surface area (Å²) in [5.74, 6) is -0.989. The number of anilines is 1. The third kappa shape index (κ3) is 5.19. The molecule has 0 radical (unpaired) electrons. The molecule has 5 aliphatic rings. The first-order valence-electron chi connectivity index (χ1n) is 16.3. The second kappa shape index (κ2) is 11.8. The van der Waals surface area contributed by atoms with Crippen LogP contribution in [0.5, 0.6) is 0 Å². The lowest BCUT2D eigenvalue weighted by molar-refractivity contribution is -0.141. The standard InChI is InChI=1S/C34H48N4O4/c1-21-12-13-25(20-23(21)3)35-31(39)28-27-14-15-34(42-27)29(28)33(41)38(19-9-18-37-16-6-5-7-17-37)30(34)32(40)36-26-11-8-10-22(2)24(26)4/h12-15,20,22,24,26-30H,5-11,16-19H2,1-4H3,(H,35,39)(H,36,40)/t22-,24+,26+,27-,28+,29-,30-,34-/m0/s1. The molecule has 2 bridgehead atoms. The van der Waals surface area contributed by atoms with Gasteiger partial charge < -0.3 is 25.2 Å². The highest BCUT2D eigenvalue weighted by Crippen LogP contribution is 2.55. The summed E-state index contributed by atoms with van der Waals surface area (Å²) in [4.78, 5) is 46.5. The molecule has 42 heavy (non-hydrogen) atoms. The highest BCUT2D eigenvalue weighted by Gasteiger charge is 2.72. The van der Waals surface area contributed by atoms with Crippen molar-refractivity contribution in [3.8, 4) is 0 Å². The highest BCUT2D eigenvalue weighted by atomic mass is 16.5. The smallest absolute Gasteiger partial charge is 0.246 e. The minimum absolute atomic E-state index is 0.0773. The molecule has 228 valence electrons. The SMILES string of the molecule is Cc1ccc(NC(=O)[C@@H]2[C@@H]3C=C[C@]4(O3)[C@@H]2C(=O)N(CCCN2CCCCC2)[C@H]4C(=O)N[C@@H]2CCC[C@H](C)[C@H]2C)cc1C. The van der Waals surface area contributed by atoms with Crippen LogP contribution in [0.25, 0.3) is 0 Å². The summed E-state index contributed by atoms with van der Waals surface area (Å²) in [6.45, 7) is 12.1. The van der Waals surface area contributed by atoms with E-state index in [1.54, 1.807) is 4.90 Å². The summed E-state index contributed by atoms with van der Waals surface area (Å²) < 4.78 is 6.56. The molecule has 1 spiro atoms. The summed E-state index contributed by atoms with van der Waals surface area (Å²) in [5.41, 5.74) is 1.83. The molecule has 1 saturated carbocycles. The highest BCUT2D eigenvalue weighted by molar-refractivity contribution is 6.02. The Labute approximate surface area is 250 Å². The first-order valence-corrected chi connectivity index (χ1v) is 16.3. The van der Waals surface area contributed by atoms with Gasteiger partial charge in [0.25, 0.3) is 0 Å². The van der Waals surface area contributed by atoms with Crippen molar-refractivity contribution in [3.05, 3.63) is 41.5 Å². The van der Waals surface area contributed by atoms with Crippen molar-refractivity contribution in [2.24, 2.45) is 23.7 Å². The van der Waals surface area contributed by atoms with E-state index in [2.05, 4.69) is 29.4 Å². The zero-order valence-electron chi connectivity index (χ0n) is 25.7. The van der Waals surface area contributed by atoms with Gasteiger partial charge in [-0.05, 0) is 94.3 Å². The molecule has 4 fully saturated rings. The maximum atomic E-state index is 14.3. The van der Waals surface area contributed by atoms with E-state index in [9.17, 15) is 14.4 Å². The van der Waals surface area contributed by atoms with Gasteiger partial charge in [-0.3, -0.25) is 14.4 Å². The molecule has 8 heteroatoms. The fourth-order valence-corrected chi connectivity index (χ4v) is 8.25. The number of amides is 3.